The number of nitrogens with zero attached hydrogens (tertiary/aromatic N) is 2. The minimum atomic E-state index is -4.28. The summed E-state index contributed by atoms with van der Waals surface area (Å²) in [5.74, 6) is 0. The highest BCUT2D eigenvalue weighted by atomic mass is 31.2. The van der Waals surface area contributed by atoms with Crippen LogP contribution in [-0.4, -0.2) is 14.8 Å². The van der Waals surface area contributed by atoms with E-state index in [1.807, 2.05) is 6.07 Å². The fourth-order valence-electron chi connectivity index (χ4n) is 1.97. The summed E-state index contributed by atoms with van der Waals surface area (Å²) >= 11 is 0. The second-order valence-electron chi connectivity index (χ2n) is 3.83. The summed E-state index contributed by atoms with van der Waals surface area (Å²) in [7, 11) is -4.28. The molecule has 0 bridgehead atoms. The maximum Gasteiger partial charge on any atom is 0.336 e. The number of hydrogen-bond acceptors (Lipinski definition) is 3. The van der Waals surface area contributed by atoms with E-state index in [9.17, 15) is 14.4 Å². The van der Waals surface area contributed by atoms with Crippen LogP contribution < -0.4 is 0 Å². The average molecular weight is 254 g/mol. The summed E-state index contributed by atoms with van der Waals surface area (Å²) in [6.07, 6.45) is 2.02. The van der Waals surface area contributed by atoms with Crippen LogP contribution in [0.4, 0.5) is 0 Å². The van der Waals surface area contributed by atoms with Gasteiger partial charge in [-0.05, 0) is 24.5 Å². The molecule has 0 saturated heterocycles. The summed E-state index contributed by atoms with van der Waals surface area (Å²) in [6, 6.07) is 4.92. The van der Waals surface area contributed by atoms with Gasteiger partial charge in [-0.15, -0.1) is 0 Å². The maximum absolute atomic E-state index is 11.7. The average Bonchev–Trinajstić information content (AvgIpc) is 2.30. The molecule has 1 rings (SSSR count). The molecule has 0 radical (unpaired) electrons. The molecule has 6 heteroatoms. The Morgan fingerprint density at radius 1 is 1.41 bits per heavy atom. The lowest BCUT2D eigenvalue weighted by atomic mass is 9.94. The van der Waals surface area contributed by atoms with Crippen LogP contribution in [0.15, 0.2) is 18.3 Å². The molecule has 0 aliphatic carbocycles. The topological polar surface area (TPSA) is 94.2 Å². The number of nitriles is 1. The minimum Gasteiger partial charge on any atom is -0.324 e. The van der Waals surface area contributed by atoms with Crippen molar-refractivity contribution in [3.05, 3.63) is 29.6 Å². The zero-order chi connectivity index (χ0) is 13.1. The molecule has 92 valence electrons. The lowest BCUT2D eigenvalue weighted by Gasteiger charge is -2.32. The van der Waals surface area contributed by atoms with Crippen LogP contribution in [0.2, 0.25) is 0 Å². The van der Waals surface area contributed by atoms with Crippen molar-refractivity contribution in [2.24, 2.45) is 0 Å². The van der Waals surface area contributed by atoms with E-state index in [1.165, 1.54) is 12.3 Å². The van der Waals surface area contributed by atoms with Crippen LogP contribution in [0.1, 0.15) is 37.9 Å². The van der Waals surface area contributed by atoms with Gasteiger partial charge in [-0.2, -0.15) is 5.26 Å². The second kappa shape index (κ2) is 4.97. The van der Waals surface area contributed by atoms with Crippen molar-refractivity contribution < 1.29 is 14.4 Å². The summed E-state index contributed by atoms with van der Waals surface area (Å²) in [5, 5.41) is 7.44. The van der Waals surface area contributed by atoms with Crippen molar-refractivity contribution in [3.63, 3.8) is 0 Å². The third-order valence-electron chi connectivity index (χ3n) is 3.14. The predicted molar refractivity (Wildman–Crippen MR) is 63.3 cm³/mol. The summed E-state index contributed by atoms with van der Waals surface area (Å²) < 4.78 is 11.7. The molecule has 1 aromatic rings. The van der Waals surface area contributed by atoms with Crippen molar-refractivity contribution in [1.29, 1.82) is 5.26 Å². The Morgan fingerprint density at radius 2 is 2.00 bits per heavy atom. The highest BCUT2D eigenvalue weighted by Crippen LogP contribution is 2.60. The molecule has 0 fully saturated rings. The smallest absolute Gasteiger partial charge is 0.324 e. The van der Waals surface area contributed by atoms with Crippen LogP contribution in [0.25, 0.3) is 0 Å². The van der Waals surface area contributed by atoms with Crippen LogP contribution in [0, 0.1) is 11.3 Å². The van der Waals surface area contributed by atoms with E-state index in [-0.39, 0.29) is 5.69 Å². The van der Waals surface area contributed by atoms with E-state index in [4.69, 9.17) is 5.26 Å². The molecule has 0 atom stereocenters. The molecular formula is C11H15N2O3P. The van der Waals surface area contributed by atoms with Crippen molar-refractivity contribution in [3.8, 4) is 6.07 Å². The van der Waals surface area contributed by atoms with E-state index < -0.39 is 12.8 Å². The molecule has 0 spiro atoms. The van der Waals surface area contributed by atoms with Gasteiger partial charge in [0.05, 0.1) is 5.16 Å². The highest BCUT2D eigenvalue weighted by Gasteiger charge is 2.45. The molecule has 17 heavy (non-hydrogen) atoms. The third-order valence-corrected chi connectivity index (χ3v) is 5.15. The molecule has 1 heterocycles. The van der Waals surface area contributed by atoms with Gasteiger partial charge in [0.25, 0.3) is 0 Å². The molecule has 0 unspecified atom stereocenters. The zero-order valence-corrected chi connectivity index (χ0v) is 10.7. The van der Waals surface area contributed by atoms with Crippen molar-refractivity contribution in [2.75, 3.05) is 0 Å². The quantitative estimate of drug-likeness (QED) is 0.803. The van der Waals surface area contributed by atoms with E-state index in [0.29, 0.717) is 18.4 Å². The fourth-order valence-corrected chi connectivity index (χ4v) is 3.27. The predicted octanol–water partition coefficient (Wildman–Crippen LogP) is 2.15. The van der Waals surface area contributed by atoms with Crippen LogP contribution in [0.3, 0.4) is 0 Å². The molecule has 1 aromatic heterocycles. The fraction of sp³-hybridized carbons (Fsp3) is 0.455. The van der Waals surface area contributed by atoms with Gasteiger partial charge in [0.2, 0.25) is 0 Å². The first-order valence-corrected chi connectivity index (χ1v) is 6.94. The summed E-state index contributed by atoms with van der Waals surface area (Å²) in [5.41, 5.74) is 0.718. The number of pyridine rings is 1. The van der Waals surface area contributed by atoms with Crippen LogP contribution >= 0.6 is 7.60 Å². The lowest BCUT2D eigenvalue weighted by Crippen LogP contribution is -2.24. The largest absolute Gasteiger partial charge is 0.336 e. The zero-order valence-electron chi connectivity index (χ0n) is 9.79. The Balaban J connectivity index is 3.33. The highest BCUT2D eigenvalue weighted by molar-refractivity contribution is 7.53. The van der Waals surface area contributed by atoms with Gasteiger partial charge >= 0.3 is 7.60 Å². The Hall–Kier alpha value is -1.21. The lowest BCUT2D eigenvalue weighted by molar-refractivity contribution is 0.315. The number of hydrogen-bond donors (Lipinski definition) is 2. The third kappa shape index (κ3) is 2.39. The van der Waals surface area contributed by atoms with E-state index in [1.54, 1.807) is 19.9 Å². The first-order chi connectivity index (χ1) is 7.91. The SMILES string of the molecule is CCC(CC)(c1ccc(C#N)nc1)P(=O)(O)O. The van der Waals surface area contributed by atoms with Gasteiger partial charge in [0, 0.05) is 6.20 Å². The van der Waals surface area contributed by atoms with Crippen molar-refractivity contribution in [1.82, 2.24) is 4.98 Å². The Morgan fingerprint density at radius 3 is 2.29 bits per heavy atom. The van der Waals surface area contributed by atoms with Gasteiger partial charge in [-0.3, -0.25) is 4.57 Å². The molecular weight excluding hydrogens is 239 g/mol. The van der Waals surface area contributed by atoms with Crippen LogP contribution in [-0.2, 0) is 9.72 Å². The Labute approximate surface area is 100 Å². The Kier molecular flexibility index (Phi) is 4.05. The monoisotopic (exact) mass is 254 g/mol. The second-order valence-corrected chi connectivity index (χ2v) is 5.77. The maximum atomic E-state index is 11.7. The van der Waals surface area contributed by atoms with Gasteiger partial charge < -0.3 is 9.79 Å². The minimum absolute atomic E-state index is 0.237. The van der Waals surface area contributed by atoms with Gasteiger partial charge in [-0.25, -0.2) is 4.98 Å². The normalized spacial score (nSPS) is 12.2. The van der Waals surface area contributed by atoms with E-state index in [0.717, 1.165) is 0 Å². The number of aromatic nitrogens is 1. The molecule has 0 aliphatic rings. The van der Waals surface area contributed by atoms with Crippen molar-refractivity contribution in [2.45, 2.75) is 31.8 Å². The summed E-state index contributed by atoms with van der Waals surface area (Å²) in [6.45, 7) is 3.47. The molecule has 5 nitrogen and oxygen atoms in total. The first-order valence-electron chi connectivity index (χ1n) is 5.33. The molecule has 0 amide bonds. The van der Waals surface area contributed by atoms with Crippen molar-refractivity contribution >= 4 is 7.60 Å². The van der Waals surface area contributed by atoms with Gasteiger partial charge in [0.1, 0.15) is 11.8 Å². The first kappa shape index (κ1) is 13.9. The van der Waals surface area contributed by atoms with E-state index >= 15 is 0 Å². The molecule has 0 aliphatic heterocycles. The van der Waals surface area contributed by atoms with E-state index in [2.05, 4.69) is 4.98 Å². The standard InChI is InChI=1S/C11H15N2O3P/c1-3-11(4-2,17(14,15)16)9-5-6-10(7-12)13-8-9/h5-6,8H,3-4H2,1-2H3,(H2,14,15,16). The van der Waals surface area contributed by atoms with Crippen LogP contribution in [0.5, 0.6) is 0 Å². The molecule has 0 saturated carbocycles. The van der Waals surface area contributed by atoms with Gasteiger partial charge in [-0.1, -0.05) is 19.9 Å². The molecule has 2 N–H and O–H groups in total. The number of rotatable bonds is 4. The summed E-state index contributed by atoms with van der Waals surface area (Å²) in [4.78, 5) is 22.9. The molecule has 0 aromatic carbocycles. The van der Waals surface area contributed by atoms with Gasteiger partial charge in [0.15, 0.2) is 0 Å². The Bertz CT molecular complexity index is 468.